The lowest BCUT2D eigenvalue weighted by Crippen LogP contribution is -2.34. The molecule has 2 unspecified atom stereocenters. The zero-order valence-corrected chi connectivity index (χ0v) is 10.0. The van der Waals surface area contributed by atoms with Gasteiger partial charge in [0.1, 0.15) is 0 Å². The van der Waals surface area contributed by atoms with Gasteiger partial charge in [-0.3, -0.25) is 4.79 Å². The number of H-pyrrole nitrogens is 1. The van der Waals surface area contributed by atoms with E-state index in [0.29, 0.717) is 19.0 Å². The summed E-state index contributed by atoms with van der Waals surface area (Å²) in [7, 11) is 0. The number of carbonyl (C=O) groups excluding carboxylic acids is 1. The number of hydrogen-bond acceptors (Lipinski definition) is 6. The Morgan fingerprint density at radius 2 is 2.41 bits per heavy atom. The van der Waals surface area contributed by atoms with Crippen molar-refractivity contribution >= 4 is 5.91 Å². The highest BCUT2D eigenvalue weighted by Gasteiger charge is 2.17. The molecule has 0 bridgehead atoms. The Morgan fingerprint density at radius 3 is 2.94 bits per heavy atom. The predicted octanol–water partition coefficient (Wildman–Crippen LogP) is -0.869. The minimum atomic E-state index is -0.290. The molecule has 8 nitrogen and oxygen atoms in total. The minimum absolute atomic E-state index is 0.147. The molecule has 0 saturated heterocycles. The van der Waals surface area contributed by atoms with Crippen molar-refractivity contribution in [1.29, 1.82) is 0 Å². The Balaban J connectivity index is 2.38. The van der Waals surface area contributed by atoms with Gasteiger partial charge in [0.2, 0.25) is 5.91 Å². The van der Waals surface area contributed by atoms with E-state index in [1.54, 1.807) is 6.92 Å². The van der Waals surface area contributed by atoms with E-state index < -0.39 is 0 Å². The topological polar surface area (TPSA) is 119 Å². The Morgan fingerprint density at radius 1 is 1.65 bits per heavy atom. The third kappa shape index (κ3) is 4.45. The standard InChI is InChI=1S/C9H18N6O2/c1-3-17-7(5-10)4-8(16)11-6(2)9-12-14-15-13-9/h6-7H,3-5,10H2,1-2H3,(H,11,16)(H,12,13,14,15). The second kappa shape index (κ2) is 6.92. The lowest BCUT2D eigenvalue weighted by Gasteiger charge is -2.16. The molecule has 96 valence electrons. The van der Waals surface area contributed by atoms with Crippen LogP contribution in [-0.4, -0.2) is 45.8 Å². The van der Waals surface area contributed by atoms with Crippen LogP contribution >= 0.6 is 0 Å². The van der Waals surface area contributed by atoms with Crippen LogP contribution in [0.3, 0.4) is 0 Å². The van der Waals surface area contributed by atoms with Crippen LogP contribution in [0.2, 0.25) is 0 Å². The average Bonchev–Trinajstić information content (AvgIpc) is 2.81. The molecule has 0 aliphatic heterocycles. The summed E-state index contributed by atoms with van der Waals surface area (Å²) in [5, 5.41) is 16.1. The maximum absolute atomic E-state index is 11.7. The van der Waals surface area contributed by atoms with Gasteiger partial charge in [-0.1, -0.05) is 5.21 Å². The highest BCUT2D eigenvalue weighted by molar-refractivity contribution is 5.76. The number of nitrogens with zero attached hydrogens (tertiary/aromatic N) is 3. The summed E-state index contributed by atoms with van der Waals surface area (Å²) < 4.78 is 5.30. The van der Waals surface area contributed by atoms with E-state index in [4.69, 9.17) is 10.5 Å². The molecule has 1 amide bonds. The van der Waals surface area contributed by atoms with E-state index in [2.05, 4.69) is 25.9 Å². The van der Waals surface area contributed by atoms with Crippen LogP contribution in [0.15, 0.2) is 0 Å². The van der Waals surface area contributed by atoms with Crippen LogP contribution in [0.1, 0.15) is 32.1 Å². The molecule has 0 aromatic carbocycles. The summed E-state index contributed by atoms with van der Waals surface area (Å²) in [6.07, 6.45) is -0.0236. The Labute approximate surface area is 99.3 Å². The van der Waals surface area contributed by atoms with Crippen molar-refractivity contribution in [2.45, 2.75) is 32.4 Å². The van der Waals surface area contributed by atoms with Crippen LogP contribution in [0.5, 0.6) is 0 Å². The number of aromatic amines is 1. The lowest BCUT2D eigenvalue weighted by atomic mass is 10.2. The molecule has 0 spiro atoms. The maximum atomic E-state index is 11.7. The van der Waals surface area contributed by atoms with E-state index in [-0.39, 0.29) is 24.5 Å². The fourth-order valence-electron chi connectivity index (χ4n) is 1.37. The molecule has 17 heavy (non-hydrogen) atoms. The summed E-state index contributed by atoms with van der Waals surface area (Å²) in [6.45, 7) is 4.50. The van der Waals surface area contributed by atoms with Gasteiger partial charge in [0.05, 0.1) is 18.6 Å². The van der Waals surface area contributed by atoms with Crippen molar-refractivity contribution in [1.82, 2.24) is 25.9 Å². The summed E-state index contributed by atoms with van der Waals surface area (Å²) in [5.74, 6) is 0.297. The Hall–Kier alpha value is -1.54. The van der Waals surface area contributed by atoms with Gasteiger partial charge in [-0.05, 0) is 13.8 Å². The van der Waals surface area contributed by atoms with E-state index in [9.17, 15) is 4.79 Å². The van der Waals surface area contributed by atoms with Gasteiger partial charge in [-0.15, -0.1) is 10.2 Å². The van der Waals surface area contributed by atoms with Crippen molar-refractivity contribution < 1.29 is 9.53 Å². The average molecular weight is 242 g/mol. The van der Waals surface area contributed by atoms with Crippen LogP contribution in [-0.2, 0) is 9.53 Å². The second-order valence-electron chi connectivity index (χ2n) is 3.58. The summed E-state index contributed by atoms with van der Waals surface area (Å²) in [6, 6.07) is -0.290. The smallest absolute Gasteiger partial charge is 0.223 e. The molecule has 1 aromatic rings. The van der Waals surface area contributed by atoms with Crippen LogP contribution in [0, 0.1) is 0 Å². The van der Waals surface area contributed by atoms with E-state index in [0.717, 1.165) is 0 Å². The molecule has 0 saturated carbocycles. The predicted molar refractivity (Wildman–Crippen MR) is 59.8 cm³/mol. The SMILES string of the molecule is CCOC(CN)CC(=O)NC(C)c1nn[nH]n1. The van der Waals surface area contributed by atoms with Crippen molar-refractivity contribution in [3.8, 4) is 0 Å². The molecule has 4 N–H and O–H groups in total. The number of rotatable bonds is 7. The second-order valence-corrected chi connectivity index (χ2v) is 3.58. The number of amides is 1. The molecular formula is C9H18N6O2. The Kier molecular flexibility index (Phi) is 5.50. The van der Waals surface area contributed by atoms with Crippen molar-refractivity contribution in [3.05, 3.63) is 5.82 Å². The molecule has 0 radical (unpaired) electrons. The van der Waals surface area contributed by atoms with Gasteiger partial charge in [0.15, 0.2) is 5.82 Å². The number of tetrazole rings is 1. The monoisotopic (exact) mass is 242 g/mol. The molecule has 2 atom stereocenters. The summed E-state index contributed by atoms with van der Waals surface area (Å²) in [4.78, 5) is 11.7. The van der Waals surface area contributed by atoms with Crippen molar-refractivity contribution in [2.24, 2.45) is 5.73 Å². The number of aromatic nitrogens is 4. The first-order chi connectivity index (χ1) is 8.17. The maximum Gasteiger partial charge on any atom is 0.223 e. The minimum Gasteiger partial charge on any atom is -0.377 e. The third-order valence-electron chi connectivity index (χ3n) is 2.20. The summed E-state index contributed by atoms with van der Waals surface area (Å²) in [5.41, 5.74) is 5.49. The van der Waals surface area contributed by atoms with Crippen molar-refractivity contribution in [3.63, 3.8) is 0 Å². The molecule has 1 heterocycles. The highest BCUT2D eigenvalue weighted by Crippen LogP contribution is 2.05. The van der Waals surface area contributed by atoms with E-state index >= 15 is 0 Å². The fourth-order valence-corrected chi connectivity index (χ4v) is 1.37. The molecule has 8 heteroatoms. The van der Waals surface area contributed by atoms with Crippen LogP contribution < -0.4 is 11.1 Å². The van der Waals surface area contributed by atoms with Crippen molar-refractivity contribution in [2.75, 3.05) is 13.2 Å². The first kappa shape index (κ1) is 13.5. The zero-order valence-electron chi connectivity index (χ0n) is 10.0. The summed E-state index contributed by atoms with van der Waals surface area (Å²) >= 11 is 0. The molecule has 0 aliphatic carbocycles. The van der Waals surface area contributed by atoms with Crippen LogP contribution in [0.4, 0.5) is 0 Å². The first-order valence-corrected chi connectivity index (χ1v) is 5.51. The molecular weight excluding hydrogens is 224 g/mol. The third-order valence-corrected chi connectivity index (χ3v) is 2.20. The number of nitrogens with one attached hydrogen (secondary N) is 2. The van der Waals surface area contributed by atoms with Gasteiger partial charge in [-0.2, -0.15) is 5.21 Å². The number of ether oxygens (including phenoxy) is 1. The van der Waals surface area contributed by atoms with E-state index in [1.165, 1.54) is 0 Å². The Bertz CT molecular complexity index is 328. The number of hydrogen-bond donors (Lipinski definition) is 3. The van der Waals surface area contributed by atoms with Gasteiger partial charge < -0.3 is 15.8 Å². The van der Waals surface area contributed by atoms with Gasteiger partial charge in [0.25, 0.3) is 0 Å². The number of carbonyl (C=O) groups is 1. The van der Waals surface area contributed by atoms with Crippen LogP contribution in [0.25, 0.3) is 0 Å². The molecule has 1 aromatic heterocycles. The van der Waals surface area contributed by atoms with Gasteiger partial charge in [0, 0.05) is 13.2 Å². The fraction of sp³-hybridized carbons (Fsp3) is 0.778. The van der Waals surface area contributed by atoms with E-state index in [1.807, 2.05) is 6.92 Å². The first-order valence-electron chi connectivity index (χ1n) is 5.51. The molecule has 0 fully saturated rings. The number of nitrogens with two attached hydrogens (primary N) is 1. The highest BCUT2D eigenvalue weighted by atomic mass is 16.5. The van der Waals surface area contributed by atoms with Gasteiger partial charge in [-0.25, -0.2) is 0 Å². The molecule has 1 rings (SSSR count). The zero-order chi connectivity index (χ0) is 12.7. The lowest BCUT2D eigenvalue weighted by molar-refractivity contribution is -0.124. The normalized spacial score (nSPS) is 14.3. The quantitative estimate of drug-likeness (QED) is 0.572. The molecule has 0 aliphatic rings. The van der Waals surface area contributed by atoms with Gasteiger partial charge >= 0.3 is 0 Å². The largest absolute Gasteiger partial charge is 0.377 e.